The number of halogens is 4. The molecule has 4 aromatic rings. The number of hydrogen-bond donors (Lipinski definition) is 1. The molecule has 0 spiro atoms. The zero-order valence-corrected chi connectivity index (χ0v) is 17.7. The predicted octanol–water partition coefficient (Wildman–Crippen LogP) is 4.99. The smallest absolute Gasteiger partial charge is 0.322 e. The number of carbonyl (C=O) groups is 1. The number of aromatic nitrogens is 2. The zero-order chi connectivity index (χ0) is 24.0. The van der Waals surface area contributed by atoms with Crippen LogP contribution in [0.15, 0.2) is 71.8 Å². The van der Waals surface area contributed by atoms with Crippen molar-refractivity contribution in [1.82, 2.24) is 9.19 Å². The number of carbonyl (C=O) groups excluding carboxylic acids is 1. The summed E-state index contributed by atoms with van der Waals surface area (Å²) in [6.07, 6.45) is -3.65. The van der Waals surface area contributed by atoms with Crippen molar-refractivity contribution in [3.05, 3.63) is 89.4 Å². The van der Waals surface area contributed by atoms with Crippen LogP contribution in [0.1, 0.15) is 21.5 Å². The summed E-state index contributed by atoms with van der Waals surface area (Å²) in [7, 11) is -4.09. The molecule has 3 aromatic carbocycles. The van der Waals surface area contributed by atoms with E-state index in [0.717, 1.165) is 16.2 Å². The summed E-state index contributed by atoms with van der Waals surface area (Å²) in [5.41, 5.74) is -1.83. The van der Waals surface area contributed by atoms with E-state index in [2.05, 4.69) is 10.4 Å². The SMILES string of the molecule is Cc1cccc(S(=O)(=O)n2ncc3ccc(NC(=O)c4c(F)cccc4C(F)(F)F)cc32)c1. The fourth-order valence-corrected chi connectivity index (χ4v) is 4.70. The summed E-state index contributed by atoms with van der Waals surface area (Å²) in [4.78, 5) is 12.5. The molecule has 1 N–H and O–H groups in total. The van der Waals surface area contributed by atoms with Crippen LogP contribution in [0.5, 0.6) is 0 Å². The lowest BCUT2D eigenvalue weighted by molar-refractivity contribution is -0.138. The first kappa shape index (κ1) is 22.5. The van der Waals surface area contributed by atoms with Gasteiger partial charge in [0, 0.05) is 11.1 Å². The molecule has 0 aliphatic carbocycles. The Morgan fingerprint density at radius 3 is 2.45 bits per heavy atom. The maximum Gasteiger partial charge on any atom is 0.417 e. The third-order valence-corrected chi connectivity index (χ3v) is 6.45. The number of nitrogens with one attached hydrogen (secondary N) is 1. The van der Waals surface area contributed by atoms with E-state index in [4.69, 9.17) is 0 Å². The van der Waals surface area contributed by atoms with Crippen LogP contribution in [0.2, 0.25) is 0 Å². The second-order valence-corrected chi connectivity index (χ2v) is 8.96. The minimum atomic E-state index is -4.95. The Morgan fingerprint density at radius 2 is 1.76 bits per heavy atom. The van der Waals surface area contributed by atoms with Crippen molar-refractivity contribution in [3.8, 4) is 0 Å². The Morgan fingerprint density at radius 1 is 1.03 bits per heavy atom. The standard InChI is InChI=1S/C22H15F4N3O3S/c1-13-4-2-5-16(10-13)33(31,32)29-19-11-15(9-8-14(19)12-27-29)28-21(30)20-17(22(24,25)26)6-3-7-18(20)23/h2-12H,1H3,(H,28,30). The van der Waals surface area contributed by atoms with Crippen LogP contribution < -0.4 is 5.32 Å². The van der Waals surface area contributed by atoms with Crippen LogP contribution in [-0.4, -0.2) is 23.5 Å². The number of amides is 1. The number of hydrogen-bond acceptors (Lipinski definition) is 4. The van der Waals surface area contributed by atoms with Crippen LogP contribution in [0.25, 0.3) is 10.9 Å². The topological polar surface area (TPSA) is 81.1 Å². The number of anilines is 1. The van der Waals surface area contributed by atoms with Crippen LogP contribution in [0, 0.1) is 12.7 Å². The lowest BCUT2D eigenvalue weighted by Crippen LogP contribution is -2.20. The highest BCUT2D eigenvalue weighted by Gasteiger charge is 2.36. The Labute approximate surface area is 185 Å². The molecule has 1 heterocycles. The molecule has 0 aliphatic heterocycles. The van der Waals surface area contributed by atoms with E-state index in [1.54, 1.807) is 19.1 Å². The lowest BCUT2D eigenvalue weighted by Gasteiger charge is -2.14. The van der Waals surface area contributed by atoms with Crippen molar-refractivity contribution in [2.75, 3.05) is 5.32 Å². The van der Waals surface area contributed by atoms with Gasteiger partial charge in [0.05, 0.1) is 27.7 Å². The minimum absolute atomic E-state index is 0.0110. The van der Waals surface area contributed by atoms with E-state index in [0.29, 0.717) is 17.0 Å². The van der Waals surface area contributed by atoms with Gasteiger partial charge in [-0.2, -0.15) is 30.8 Å². The number of rotatable bonds is 4. The Bertz CT molecular complexity index is 1490. The molecule has 0 atom stereocenters. The van der Waals surface area contributed by atoms with Gasteiger partial charge in [-0.3, -0.25) is 4.79 Å². The van der Waals surface area contributed by atoms with E-state index in [9.17, 15) is 30.8 Å². The fourth-order valence-electron chi connectivity index (χ4n) is 3.33. The molecule has 0 saturated heterocycles. The monoisotopic (exact) mass is 477 g/mol. The van der Waals surface area contributed by atoms with Gasteiger partial charge in [0.1, 0.15) is 5.82 Å². The van der Waals surface area contributed by atoms with Crippen LogP contribution in [-0.2, 0) is 16.2 Å². The molecule has 1 aromatic heterocycles. The number of fused-ring (bicyclic) bond motifs is 1. The number of nitrogens with zero attached hydrogens (tertiary/aromatic N) is 2. The van der Waals surface area contributed by atoms with Crippen LogP contribution in [0.4, 0.5) is 23.2 Å². The van der Waals surface area contributed by atoms with Gasteiger partial charge in [0.25, 0.3) is 15.9 Å². The predicted molar refractivity (Wildman–Crippen MR) is 113 cm³/mol. The van der Waals surface area contributed by atoms with Gasteiger partial charge in [-0.25, -0.2) is 4.39 Å². The van der Waals surface area contributed by atoms with Crippen LogP contribution >= 0.6 is 0 Å². The summed E-state index contributed by atoms with van der Waals surface area (Å²) < 4.78 is 80.7. The molecule has 170 valence electrons. The van der Waals surface area contributed by atoms with Crippen molar-refractivity contribution >= 4 is 32.5 Å². The van der Waals surface area contributed by atoms with E-state index < -0.39 is 39.1 Å². The first-order valence-electron chi connectivity index (χ1n) is 9.45. The van der Waals surface area contributed by atoms with Gasteiger partial charge >= 0.3 is 6.18 Å². The van der Waals surface area contributed by atoms with E-state index >= 15 is 0 Å². The van der Waals surface area contributed by atoms with Gasteiger partial charge in [-0.1, -0.05) is 18.2 Å². The largest absolute Gasteiger partial charge is 0.417 e. The normalized spacial score (nSPS) is 12.2. The molecule has 0 aliphatic rings. The molecule has 6 nitrogen and oxygen atoms in total. The summed E-state index contributed by atoms with van der Waals surface area (Å²) in [5.74, 6) is -2.66. The molecule has 0 saturated carbocycles. The number of alkyl halides is 3. The van der Waals surface area contributed by atoms with Crippen molar-refractivity contribution in [2.24, 2.45) is 0 Å². The molecule has 33 heavy (non-hydrogen) atoms. The lowest BCUT2D eigenvalue weighted by atomic mass is 10.1. The Hall–Kier alpha value is -3.73. The molecular weight excluding hydrogens is 462 g/mol. The molecule has 0 unspecified atom stereocenters. The van der Waals surface area contributed by atoms with Gasteiger partial charge in [-0.15, -0.1) is 0 Å². The highest BCUT2D eigenvalue weighted by molar-refractivity contribution is 7.90. The van der Waals surface area contributed by atoms with Gasteiger partial charge < -0.3 is 5.32 Å². The number of benzene rings is 3. The quantitative estimate of drug-likeness (QED) is 0.420. The Kier molecular flexibility index (Phi) is 5.44. The van der Waals surface area contributed by atoms with Crippen molar-refractivity contribution in [3.63, 3.8) is 0 Å². The fraction of sp³-hybridized carbons (Fsp3) is 0.0909. The highest BCUT2D eigenvalue weighted by Crippen LogP contribution is 2.33. The molecule has 11 heteroatoms. The third-order valence-electron chi connectivity index (χ3n) is 4.86. The maximum atomic E-state index is 14.1. The van der Waals surface area contributed by atoms with Crippen molar-refractivity contribution < 1.29 is 30.8 Å². The third kappa shape index (κ3) is 4.19. The average molecular weight is 477 g/mol. The maximum absolute atomic E-state index is 14.1. The molecule has 4 rings (SSSR count). The molecule has 0 fully saturated rings. The first-order chi connectivity index (χ1) is 15.5. The summed E-state index contributed by atoms with van der Waals surface area (Å²) in [5, 5.41) is 6.53. The second kappa shape index (κ2) is 8.00. The summed E-state index contributed by atoms with van der Waals surface area (Å²) in [6.45, 7) is 1.73. The molecule has 0 bridgehead atoms. The highest BCUT2D eigenvalue weighted by atomic mass is 32.2. The Balaban J connectivity index is 1.75. The van der Waals surface area contributed by atoms with Gasteiger partial charge in [0.2, 0.25) is 0 Å². The van der Waals surface area contributed by atoms with E-state index in [1.165, 1.54) is 36.5 Å². The average Bonchev–Trinajstić information content (AvgIpc) is 3.17. The minimum Gasteiger partial charge on any atom is -0.322 e. The number of aryl methyl sites for hydroxylation is 1. The van der Waals surface area contributed by atoms with Crippen molar-refractivity contribution in [2.45, 2.75) is 18.0 Å². The van der Waals surface area contributed by atoms with Gasteiger partial charge in [-0.05, 0) is 55.0 Å². The second-order valence-electron chi connectivity index (χ2n) is 7.20. The van der Waals surface area contributed by atoms with Gasteiger partial charge in [0.15, 0.2) is 0 Å². The first-order valence-corrected chi connectivity index (χ1v) is 10.9. The summed E-state index contributed by atoms with van der Waals surface area (Å²) in [6, 6.07) is 12.4. The molecule has 0 radical (unpaired) electrons. The van der Waals surface area contributed by atoms with E-state index in [-0.39, 0.29) is 16.1 Å². The van der Waals surface area contributed by atoms with Crippen LogP contribution in [0.3, 0.4) is 0 Å². The van der Waals surface area contributed by atoms with E-state index in [1.807, 2.05) is 0 Å². The zero-order valence-electron chi connectivity index (χ0n) is 16.9. The molecule has 1 amide bonds. The molecular formula is C22H15F4N3O3S. The summed E-state index contributed by atoms with van der Waals surface area (Å²) >= 11 is 0. The van der Waals surface area contributed by atoms with Crippen molar-refractivity contribution in [1.29, 1.82) is 0 Å².